The quantitative estimate of drug-likeness (QED) is 0.709. The van der Waals surface area contributed by atoms with E-state index >= 15 is 0 Å². The molecule has 68 valence electrons. The number of esters is 1. The van der Waals surface area contributed by atoms with Gasteiger partial charge in [-0.15, -0.1) is 0 Å². The van der Waals surface area contributed by atoms with Gasteiger partial charge >= 0.3 is 5.97 Å². The number of pyridine rings is 1. The van der Waals surface area contributed by atoms with Gasteiger partial charge in [-0.25, -0.2) is 0 Å². The highest BCUT2D eigenvalue weighted by Gasteiger charge is 2.25. The van der Waals surface area contributed by atoms with Gasteiger partial charge in [0.15, 0.2) is 0 Å². The minimum atomic E-state index is -0.138. The average molecular weight is 242 g/mol. The Morgan fingerprint density at radius 2 is 2.38 bits per heavy atom. The van der Waals surface area contributed by atoms with Crippen LogP contribution in [-0.4, -0.2) is 11.0 Å². The second kappa shape index (κ2) is 3.46. The topological polar surface area (TPSA) is 39.2 Å². The fourth-order valence-corrected chi connectivity index (χ4v) is 1.55. The van der Waals surface area contributed by atoms with Crippen LogP contribution in [0.15, 0.2) is 22.8 Å². The molecule has 2 rings (SSSR count). The van der Waals surface area contributed by atoms with Gasteiger partial charge in [0.1, 0.15) is 6.10 Å². The number of ether oxygens (including phenoxy) is 1. The van der Waals surface area contributed by atoms with E-state index in [9.17, 15) is 4.79 Å². The molecular formula is C9H8BrNO2. The van der Waals surface area contributed by atoms with Crippen molar-refractivity contribution in [2.45, 2.75) is 18.9 Å². The first-order chi connectivity index (χ1) is 6.25. The number of halogens is 1. The van der Waals surface area contributed by atoms with Crippen molar-refractivity contribution >= 4 is 21.9 Å². The van der Waals surface area contributed by atoms with Crippen LogP contribution in [0, 0.1) is 0 Å². The fourth-order valence-electron chi connectivity index (χ4n) is 1.31. The number of hydrogen-bond acceptors (Lipinski definition) is 3. The number of hydrogen-bond donors (Lipinski definition) is 0. The van der Waals surface area contributed by atoms with E-state index in [1.807, 2.05) is 12.1 Å². The van der Waals surface area contributed by atoms with Gasteiger partial charge in [-0.1, -0.05) is 0 Å². The lowest BCUT2D eigenvalue weighted by Crippen LogP contribution is -2.00. The second-order valence-corrected chi connectivity index (χ2v) is 3.83. The summed E-state index contributed by atoms with van der Waals surface area (Å²) >= 11 is 3.30. The number of carbonyl (C=O) groups excluding carboxylic acids is 1. The number of nitrogens with zero attached hydrogens (tertiary/aromatic N) is 1. The van der Waals surface area contributed by atoms with E-state index in [-0.39, 0.29) is 12.1 Å². The van der Waals surface area contributed by atoms with Crippen molar-refractivity contribution in [1.29, 1.82) is 0 Å². The van der Waals surface area contributed by atoms with Crippen LogP contribution in [0.1, 0.15) is 24.6 Å². The molecule has 1 fully saturated rings. The van der Waals surface area contributed by atoms with Crippen molar-refractivity contribution in [3.63, 3.8) is 0 Å². The molecule has 0 N–H and O–H groups in total. The van der Waals surface area contributed by atoms with Gasteiger partial charge in [0.2, 0.25) is 0 Å². The Morgan fingerprint density at radius 1 is 1.54 bits per heavy atom. The molecule has 0 aliphatic carbocycles. The molecule has 0 bridgehead atoms. The minimum Gasteiger partial charge on any atom is -0.456 e. The molecule has 1 aliphatic heterocycles. The maximum absolute atomic E-state index is 10.8. The zero-order valence-corrected chi connectivity index (χ0v) is 8.45. The van der Waals surface area contributed by atoms with E-state index in [1.165, 1.54) is 0 Å². The molecule has 0 radical (unpaired) electrons. The first-order valence-electron chi connectivity index (χ1n) is 4.06. The summed E-state index contributed by atoms with van der Waals surface area (Å²) in [5.74, 6) is -0.130. The summed E-state index contributed by atoms with van der Waals surface area (Å²) in [6.45, 7) is 0. The Balaban J connectivity index is 2.17. The molecule has 1 aromatic rings. The summed E-state index contributed by atoms with van der Waals surface area (Å²) in [5, 5.41) is 0. The molecule has 0 spiro atoms. The molecule has 0 saturated carbocycles. The molecule has 0 aromatic carbocycles. The van der Waals surface area contributed by atoms with Crippen molar-refractivity contribution < 1.29 is 9.53 Å². The molecule has 1 atom stereocenters. The first-order valence-corrected chi connectivity index (χ1v) is 4.86. The van der Waals surface area contributed by atoms with Gasteiger partial charge in [-0.05, 0) is 28.1 Å². The van der Waals surface area contributed by atoms with Gasteiger partial charge in [0, 0.05) is 23.5 Å². The third kappa shape index (κ3) is 1.88. The Kier molecular flexibility index (Phi) is 2.31. The standard InChI is InChI=1S/C9H8BrNO2/c10-6-1-2-7(11-5-6)8-3-4-9(12)13-8/h1-2,5,8H,3-4H2. The van der Waals surface area contributed by atoms with Crippen LogP contribution in [0.4, 0.5) is 0 Å². The van der Waals surface area contributed by atoms with E-state index in [2.05, 4.69) is 20.9 Å². The van der Waals surface area contributed by atoms with Crippen molar-refractivity contribution in [2.24, 2.45) is 0 Å². The molecule has 3 nitrogen and oxygen atoms in total. The van der Waals surface area contributed by atoms with Gasteiger partial charge in [0.25, 0.3) is 0 Å². The third-order valence-corrected chi connectivity index (χ3v) is 2.43. The van der Waals surface area contributed by atoms with Crippen LogP contribution in [0.2, 0.25) is 0 Å². The lowest BCUT2D eigenvalue weighted by Gasteiger charge is -2.07. The maximum Gasteiger partial charge on any atom is 0.306 e. The molecule has 1 unspecified atom stereocenters. The largest absolute Gasteiger partial charge is 0.456 e. The predicted molar refractivity (Wildman–Crippen MR) is 50.0 cm³/mol. The molecule has 1 aliphatic rings. The van der Waals surface area contributed by atoms with Gasteiger partial charge in [-0.2, -0.15) is 0 Å². The number of aromatic nitrogens is 1. The number of rotatable bonds is 1. The zero-order chi connectivity index (χ0) is 9.26. The summed E-state index contributed by atoms with van der Waals surface area (Å²) < 4.78 is 6.00. The fraction of sp³-hybridized carbons (Fsp3) is 0.333. The predicted octanol–water partition coefficient (Wildman–Crippen LogP) is 2.22. The molecule has 4 heteroatoms. The van der Waals surface area contributed by atoms with E-state index in [1.54, 1.807) is 6.20 Å². The van der Waals surface area contributed by atoms with Crippen LogP contribution in [0.3, 0.4) is 0 Å². The van der Waals surface area contributed by atoms with Gasteiger partial charge < -0.3 is 4.74 Å². The monoisotopic (exact) mass is 241 g/mol. The smallest absolute Gasteiger partial charge is 0.306 e. The van der Waals surface area contributed by atoms with Gasteiger partial charge in [-0.3, -0.25) is 9.78 Å². The van der Waals surface area contributed by atoms with E-state index in [4.69, 9.17) is 4.74 Å². The van der Waals surface area contributed by atoms with Crippen molar-refractivity contribution in [3.05, 3.63) is 28.5 Å². The van der Waals surface area contributed by atoms with Crippen molar-refractivity contribution in [2.75, 3.05) is 0 Å². The highest BCUT2D eigenvalue weighted by molar-refractivity contribution is 9.10. The lowest BCUT2D eigenvalue weighted by atomic mass is 10.2. The molecule has 13 heavy (non-hydrogen) atoms. The zero-order valence-electron chi connectivity index (χ0n) is 6.87. The Bertz CT molecular complexity index is 323. The van der Waals surface area contributed by atoms with Crippen molar-refractivity contribution in [3.8, 4) is 0 Å². The normalized spacial score (nSPS) is 21.6. The Hall–Kier alpha value is -0.900. The number of cyclic esters (lactones) is 1. The SMILES string of the molecule is O=C1CCC(c2ccc(Br)cn2)O1. The summed E-state index contributed by atoms with van der Waals surface area (Å²) in [7, 11) is 0. The van der Waals surface area contributed by atoms with Gasteiger partial charge in [0.05, 0.1) is 5.69 Å². The van der Waals surface area contributed by atoms with Crippen LogP contribution in [0.5, 0.6) is 0 Å². The van der Waals surface area contributed by atoms with Crippen molar-refractivity contribution in [1.82, 2.24) is 4.98 Å². The average Bonchev–Trinajstić information content (AvgIpc) is 2.53. The molecule has 1 aromatic heterocycles. The molecule has 0 amide bonds. The maximum atomic E-state index is 10.8. The molecule has 1 saturated heterocycles. The van der Waals surface area contributed by atoms with E-state index < -0.39 is 0 Å². The Morgan fingerprint density at radius 3 is 2.92 bits per heavy atom. The number of carbonyl (C=O) groups is 1. The van der Waals surface area contributed by atoms with Crippen LogP contribution < -0.4 is 0 Å². The molecule has 2 heterocycles. The highest BCUT2D eigenvalue weighted by Crippen LogP contribution is 2.28. The summed E-state index contributed by atoms with van der Waals surface area (Å²) in [4.78, 5) is 15.0. The first kappa shape index (κ1) is 8.69. The Labute approximate surface area is 84.2 Å². The molecular weight excluding hydrogens is 234 g/mol. The van der Waals surface area contributed by atoms with Crippen LogP contribution in [-0.2, 0) is 9.53 Å². The summed E-state index contributed by atoms with van der Waals surface area (Å²) in [6, 6.07) is 3.77. The summed E-state index contributed by atoms with van der Waals surface area (Å²) in [5.41, 5.74) is 0.828. The highest BCUT2D eigenvalue weighted by atomic mass is 79.9. The van der Waals surface area contributed by atoms with Crippen LogP contribution >= 0.6 is 15.9 Å². The third-order valence-electron chi connectivity index (χ3n) is 1.96. The van der Waals surface area contributed by atoms with Crippen LogP contribution in [0.25, 0.3) is 0 Å². The van der Waals surface area contributed by atoms with E-state index in [0.29, 0.717) is 6.42 Å². The van der Waals surface area contributed by atoms with E-state index in [0.717, 1.165) is 16.6 Å². The minimum absolute atomic E-state index is 0.130. The lowest BCUT2D eigenvalue weighted by molar-refractivity contribution is -0.141. The second-order valence-electron chi connectivity index (χ2n) is 2.92. The summed E-state index contributed by atoms with van der Waals surface area (Å²) in [6.07, 6.45) is 2.82.